The number of rotatable bonds is 5. The first kappa shape index (κ1) is 18.5. The van der Waals surface area contributed by atoms with Crippen molar-refractivity contribution in [1.82, 2.24) is 0 Å². The fourth-order valence-corrected chi connectivity index (χ4v) is 11.6. The van der Waals surface area contributed by atoms with Crippen LogP contribution >= 0.6 is 11.7 Å². The Hall–Kier alpha value is 0.209. The van der Waals surface area contributed by atoms with E-state index < -0.39 is 5.51 Å². The van der Waals surface area contributed by atoms with Crippen LogP contribution in [0.3, 0.4) is 0 Å². The average molecular weight is 459 g/mol. The third-order valence-electron chi connectivity index (χ3n) is 3.71. The molecule has 0 saturated carbocycles. The van der Waals surface area contributed by atoms with Gasteiger partial charge in [-0.25, -0.2) is 0 Å². The fraction of sp³-hybridized carbons (Fsp3) is 0.333. The average Bonchev–Trinajstić information content (AvgIpc) is 2.53. The van der Waals surface area contributed by atoms with E-state index in [4.69, 9.17) is 0 Å². The first-order chi connectivity index (χ1) is 10.3. The Morgan fingerprint density at radius 1 is 0.864 bits per heavy atom. The zero-order valence-corrected chi connectivity index (χ0v) is 18.6. The van der Waals surface area contributed by atoms with Gasteiger partial charge in [-0.15, -0.1) is 0 Å². The van der Waals surface area contributed by atoms with Crippen LogP contribution in [0.15, 0.2) is 60.7 Å². The van der Waals surface area contributed by atoms with Crippen LogP contribution in [0.4, 0.5) is 0 Å². The summed E-state index contributed by atoms with van der Waals surface area (Å²) in [5.74, 6) is 0. The van der Waals surface area contributed by atoms with Gasteiger partial charge in [0, 0.05) is 0 Å². The Morgan fingerprint density at radius 3 is 1.64 bits per heavy atom. The van der Waals surface area contributed by atoms with Gasteiger partial charge in [0.2, 0.25) is 0 Å². The molecule has 0 spiro atoms. The van der Waals surface area contributed by atoms with Crippen LogP contribution in [0.1, 0.15) is 20.8 Å². The van der Waals surface area contributed by atoms with Gasteiger partial charge in [0.1, 0.15) is 0 Å². The van der Waals surface area contributed by atoms with Gasteiger partial charge >= 0.3 is 151 Å². The summed E-state index contributed by atoms with van der Waals surface area (Å²) in [4.78, 5) is 0. The molecular formula is C18H23P2Se2+. The summed E-state index contributed by atoms with van der Waals surface area (Å²) in [6.07, 6.45) is 2.42. The van der Waals surface area contributed by atoms with Gasteiger partial charge in [-0.1, -0.05) is 0 Å². The molecular weight excluding hydrogens is 436 g/mol. The van der Waals surface area contributed by atoms with Crippen molar-refractivity contribution < 1.29 is 0 Å². The predicted molar refractivity (Wildman–Crippen MR) is 107 cm³/mol. The van der Waals surface area contributed by atoms with Gasteiger partial charge in [0.05, 0.1) is 0 Å². The molecule has 0 radical (unpaired) electrons. The van der Waals surface area contributed by atoms with Crippen LogP contribution in [0, 0.1) is 0 Å². The number of hydrogen-bond acceptors (Lipinski definition) is 0. The molecule has 2 rings (SSSR count). The zero-order valence-electron chi connectivity index (χ0n) is 13.4. The van der Waals surface area contributed by atoms with Crippen LogP contribution in [0.5, 0.6) is 0 Å². The molecule has 22 heavy (non-hydrogen) atoms. The second-order valence-electron chi connectivity index (χ2n) is 6.41. The minimum atomic E-state index is -1.43. The Balaban J connectivity index is 2.36. The standard InChI is InChI=1S/C18H23P2Se2/c1-18(2,3)19(21)14-15-20(22,16-10-6-4-7-11-16)17-12-8-5-9-13-17/h4-13H,14-15H2,1-3H3/q+1. The molecule has 0 heterocycles. The monoisotopic (exact) mass is 461 g/mol. The van der Waals surface area contributed by atoms with Gasteiger partial charge in [-0.3, -0.25) is 0 Å². The first-order valence-corrected chi connectivity index (χ1v) is 15.4. The van der Waals surface area contributed by atoms with Crippen molar-refractivity contribution in [1.29, 1.82) is 0 Å². The van der Waals surface area contributed by atoms with Crippen molar-refractivity contribution in [3.8, 4) is 0 Å². The normalized spacial score (nSPS) is 13.0. The van der Waals surface area contributed by atoms with Gasteiger partial charge in [-0.2, -0.15) is 0 Å². The second kappa shape index (κ2) is 7.85. The van der Waals surface area contributed by atoms with Gasteiger partial charge in [0.15, 0.2) is 0 Å². The summed E-state index contributed by atoms with van der Waals surface area (Å²) in [6, 6.07) is 22.0. The van der Waals surface area contributed by atoms with Gasteiger partial charge in [-0.05, 0) is 0 Å². The summed E-state index contributed by atoms with van der Waals surface area (Å²) in [5, 5.41) is 3.32. The summed E-state index contributed by atoms with van der Waals surface area (Å²) in [6.45, 7) is 7.04. The van der Waals surface area contributed by atoms with E-state index in [0.29, 0.717) is 5.16 Å². The Morgan fingerprint density at radius 2 is 1.27 bits per heavy atom. The molecule has 0 aliphatic carbocycles. The van der Waals surface area contributed by atoms with Crippen molar-refractivity contribution in [3.05, 3.63) is 60.7 Å². The summed E-state index contributed by atoms with van der Waals surface area (Å²) in [7, 11) is 0. The molecule has 0 amide bonds. The molecule has 0 fully saturated rings. The van der Waals surface area contributed by atoms with E-state index in [1.54, 1.807) is 0 Å². The van der Waals surface area contributed by atoms with Gasteiger partial charge in [0.25, 0.3) is 0 Å². The quantitative estimate of drug-likeness (QED) is 0.467. The predicted octanol–water partition coefficient (Wildman–Crippen LogP) is 4.10. The molecule has 1 unspecified atom stereocenters. The van der Waals surface area contributed by atoms with Crippen LogP contribution < -0.4 is 10.6 Å². The van der Waals surface area contributed by atoms with Gasteiger partial charge < -0.3 is 0 Å². The van der Waals surface area contributed by atoms with Crippen molar-refractivity contribution in [2.45, 2.75) is 25.9 Å². The first-order valence-electron chi connectivity index (χ1n) is 7.49. The summed E-state index contributed by atoms with van der Waals surface area (Å²) < 4.78 is 0. The fourth-order valence-electron chi connectivity index (χ4n) is 2.31. The molecule has 0 aromatic heterocycles. The van der Waals surface area contributed by atoms with E-state index in [2.05, 4.69) is 112 Å². The maximum atomic E-state index is 3.64. The minimum absolute atomic E-state index is 0.0839. The van der Waals surface area contributed by atoms with Crippen LogP contribution in [-0.2, 0) is 0 Å². The van der Waals surface area contributed by atoms with Crippen molar-refractivity contribution in [2.24, 2.45) is 0 Å². The molecule has 4 heteroatoms. The topological polar surface area (TPSA) is 0 Å². The molecule has 0 N–H and O–H groups in total. The van der Waals surface area contributed by atoms with Crippen molar-refractivity contribution >= 4 is 52.5 Å². The SMILES string of the molecule is CC(C)(C)[P+](=[Se])CCP(=[Se])(c1ccccc1)c1ccccc1. The molecule has 0 aliphatic rings. The van der Waals surface area contributed by atoms with Crippen molar-refractivity contribution in [3.63, 3.8) is 0 Å². The van der Waals surface area contributed by atoms with E-state index in [1.165, 1.54) is 22.9 Å². The summed E-state index contributed by atoms with van der Waals surface area (Å²) >= 11 is 7.10. The molecule has 116 valence electrons. The van der Waals surface area contributed by atoms with Crippen LogP contribution in [0.2, 0.25) is 0 Å². The van der Waals surface area contributed by atoms with E-state index in [0.717, 1.165) is 0 Å². The number of hydrogen-bond donors (Lipinski definition) is 0. The third kappa shape index (κ3) is 4.61. The van der Waals surface area contributed by atoms with E-state index in [-0.39, 0.29) is 6.17 Å². The molecule has 0 aliphatic heterocycles. The third-order valence-corrected chi connectivity index (χ3v) is 17.7. The maximum absolute atomic E-state index is 3.64. The number of benzene rings is 2. The summed E-state index contributed by atoms with van der Waals surface area (Å²) in [5.41, 5.74) is -1.43. The van der Waals surface area contributed by atoms with Crippen molar-refractivity contribution in [2.75, 3.05) is 12.3 Å². The molecule has 2 aromatic carbocycles. The Labute approximate surface area is 151 Å². The molecule has 2 aromatic rings. The zero-order chi connectivity index (χ0) is 16.2. The Bertz CT molecular complexity index is 630. The Kier molecular flexibility index (Phi) is 6.62. The molecule has 0 bridgehead atoms. The van der Waals surface area contributed by atoms with E-state index in [9.17, 15) is 0 Å². The molecule has 0 saturated heterocycles. The van der Waals surface area contributed by atoms with E-state index >= 15 is 0 Å². The molecule has 0 nitrogen and oxygen atoms in total. The molecule has 1 atom stereocenters. The van der Waals surface area contributed by atoms with Crippen LogP contribution in [-0.4, -0.2) is 47.7 Å². The van der Waals surface area contributed by atoms with E-state index in [1.807, 2.05) is 0 Å². The van der Waals surface area contributed by atoms with Crippen LogP contribution in [0.25, 0.3) is 0 Å². The second-order valence-corrected chi connectivity index (χ2v) is 18.6.